The molecule has 78 valence electrons. The first kappa shape index (κ1) is 10.3. The Labute approximate surface area is 91.8 Å². The van der Waals surface area contributed by atoms with Crippen LogP contribution >= 0.6 is 11.6 Å². The molecular weight excluding hydrogens is 217 g/mol. The van der Waals surface area contributed by atoms with Crippen molar-refractivity contribution in [1.82, 2.24) is 0 Å². The highest BCUT2D eigenvalue weighted by molar-refractivity contribution is 6.70. The molecule has 1 aromatic rings. The molecule has 1 heterocycles. The third-order valence-electron chi connectivity index (χ3n) is 2.40. The van der Waals surface area contributed by atoms with Gasteiger partial charge in [0.2, 0.25) is 0 Å². The van der Waals surface area contributed by atoms with Gasteiger partial charge in [0.1, 0.15) is 16.5 Å². The van der Waals surface area contributed by atoms with Gasteiger partial charge in [-0.3, -0.25) is 9.79 Å². The Hall–Kier alpha value is -1.22. The van der Waals surface area contributed by atoms with Crippen molar-refractivity contribution in [3.8, 4) is 0 Å². The maximum Gasteiger partial charge on any atom is 0.193 e. The molecule has 0 radical (unpaired) electrons. The molecule has 1 aromatic carbocycles. The van der Waals surface area contributed by atoms with Gasteiger partial charge in [0.05, 0.1) is 5.56 Å². The largest absolute Gasteiger partial charge is 0.291 e. The van der Waals surface area contributed by atoms with Gasteiger partial charge >= 0.3 is 0 Å². The quantitative estimate of drug-likeness (QED) is 0.668. The summed E-state index contributed by atoms with van der Waals surface area (Å²) in [4.78, 5) is 15.9. The van der Waals surface area contributed by atoms with Crippen molar-refractivity contribution in [2.24, 2.45) is 4.99 Å². The predicted molar refractivity (Wildman–Crippen MR) is 57.2 cm³/mol. The Kier molecular flexibility index (Phi) is 2.15. The van der Waals surface area contributed by atoms with Gasteiger partial charge in [0.15, 0.2) is 5.78 Å². The smallest absolute Gasteiger partial charge is 0.193 e. The number of aliphatic imine (C=N–C) groups is 1. The topological polar surface area (TPSA) is 29.4 Å². The summed E-state index contributed by atoms with van der Waals surface area (Å²) in [5, 5.41) is 0.189. The van der Waals surface area contributed by atoms with E-state index in [0.717, 1.165) is 0 Å². The normalized spacial score (nSPS) is 18.4. The number of halogens is 2. The molecule has 0 aromatic heterocycles. The van der Waals surface area contributed by atoms with Crippen LogP contribution in [-0.2, 0) is 0 Å². The van der Waals surface area contributed by atoms with Crippen LogP contribution in [0.25, 0.3) is 0 Å². The zero-order chi connectivity index (χ0) is 11.2. The number of hydrogen-bond acceptors (Lipinski definition) is 2. The highest BCUT2D eigenvalue weighted by Crippen LogP contribution is 2.29. The molecule has 0 aliphatic carbocycles. The van der Waals surface area contributed by atoms with Crippen molar-refractivity contribution < 1.29 is 9.18 Å². The molecule has 15 heavy (non-hydrogen) atoms. The molecule has 0 N–H and O–H groups in total. The summed E-state index contributed by atoms with van der Waals surface area (Å²) < 4.78 is 13.5. The maximum absolute atomic E-state index is 13.5. The highest BCUT2D eigenvalue weighted by Gasteiger charge is 2.36. The van der Waals surface area contributed by atoms with E-state index in [0.29, 0.717) is 5.56 Å². The second-order valence-electron chi connectivity index (χ2n) is 3.95. The lowest BCUT2D eigenvalue weighted by atomic mass is 9.88. The van der Waals surface area contributed by atoms with Crippen LogP contribution in [0.4, 0.5) is 4.39 Å². The van der Waals surface area contributed by atoms with E-state index in [4.69, 9.17) is 11.6 Å². The van der Waals surface area contributed by atoms with E-state index in [2.05, 4.69) is 4.99 Å². The van der Waals surface area contributed by atoms with Gasteiger partial charge in [-0.1, -0.05) is 23.7 Å². The van der Waals surface area contributed by atoms with Gasteiger partial charge in [-0.25, -0.2) is 4.39 Å². The van der Waals surface area contributed by atoms with Crippen LogP contribution in [0, 0.1) is 5.82 Å². The van der Waals surface area contributed by atoms with Crippen LogP contribution in [0.15, 0.2) is 23.2 Å². The van der Waals surface area contributed by atoms with Crippen LogP contribution in [-0.4, -0.2) is 16.5 Å². The Balaban J connectivity index is 2.76. The van der Waals surface area contributed by atoms with E-state index < -0.39 is 11.4 Å². The molecule has 0 atom stereocenters. The molecule has 0 bridgehead atoms. The zero-order valence-electron chi connectivity index (χ0n) is 8.34. The van der Waals surface area contributed by atoms with Gasteiger partial charge in [0.25, 0.3) is 0 Å². The zero-order valence-corrected chi connectivity index (χ0v) is 9.10. The van der Waals surface area contributed by atoms with Crippen molar-refractivity contribution in [3.63, 3.8) is 0 Å². The number of carbonyl (C=O) groups excluding carboxylic acids is 1. The average molecular weight is 226 g/mol. The second kappa shape index (κ2) is 3.14. The first-order valence-electron chi connectivity index (χ1n) is 4.52. The van der Waals surface area contributed by atoms with Crippen LogP contribution in [0.2, 0.25) is 0 Å². The lowest BCUT2D eigenvalue weighted by Gasteiger charge is -2.25. The molecular formula is C11H9ClFNO. The van der Waals surface area contributed by atoms with Crippen molar-refractivity contribution in [3.05, 3.63) is 35.1 Å². The number of Topliss-reactive ketones (excluding diaryl/α,β-unsaturated/α-hetero) is 1. The molecule has 0 spiro atoms. The molecule has 1 aliphatic rings. The Bertz CT molecular complexity index is 479. The lowest BCUT2D eigenvalue weighted by Crippen LogP contribution is -2.36. The van der Waals surface area contributed by atoms with Gasteiger partial charge in [-0.15, -0.1) is 0 Å². The summed E-state index contributed by atoms with van der Waals surface area (Å²) in [6.45, 7) is 3.24. The molecule has 0 saturated heterocycles. The first-order chi connectivity index (χ1) is 6.93. The summed E-state index contributed by atoms with van der Waals surface area (Å²) in [6.07, 6.45) is 0. The fourth-order valence-electron chi connectivity index (χ4n) is 1.59. The molecule has 0 amide bonds. The van der Waals surface area contributed by atoms with Gasteiger partial charge in [-0.05, 0) is 19.9 Å². The SMILES string of the molecule is CC1(C)N=C(Cl)c2cccc(F)c2C1=O. The van der Waals surface area contributed by atoms with Crippen molar-refractivity contribution >= 4 is 22.6 Å². The number of rotatable bonds is 0. The van der Waals surface area contributed by atoms with Crippen LogP contribution in [0.5, 0.6) is 0 Å². The standard InChI is InChI=1S/C11H9ClFNO/c1-11(2)9(15)8-6(10(12)14-11)4-3-5-7(8)13/h3-5H,1-2H3. The second-order valence-corrected chi connectivity index (χ2v) is 4.31. The van der Waals surface area contributed by atoms with Gasteiger partial charge < -0.3 is 0 Å². The Morgan fingerprint density at radius 1 is 1.40 bits per heavy atom. The van der Waals surface area contributed by atoms with E-state index in [-0.39, 0.29) is 16.5 Å². The van der Waals surface area contributed by atoms with Crippen LogP contribution < -0.4 is 0 Å². The molecule has 0 unspecified atom stereocenters. The monoisotopic (exact) mass is 225 g/mol. The molecule has 2 nitrogen and oxygen atoms in total. The predicted octanol–water partition coefficient (Wildman–Crippen LogP) is 2.79. The number of fused-ring (bicyclic) bond motifs is 1. The lowest BCUT2D eigenvalue weighted by molar-refractivity contribution is 0.0908. The third-order valence-corrected chi connectivity index (χ3v) is 2.68. The molecule has 0 saturated carbocycles. The Morgan fingerprint density at radius 2 is 2.07 bits per heavy atom. The van der Waals surface area contributed by atoms with Crippen molar-refractivity contribution in [1.29, 1.82) is 0 Å². The van der Waals surface area contributed by atoms with Gasteiger partial charge in [-0.2, -0.15) is 0 Å². The molecule has 0 fully saturated rings. The number of hydrogen-bond donors (Lipinski definition) is 0. The summed E-state index contributed by atoms with van der Waals surface area (Å²) in [6, 6.07) is 4.36. The fraction of sp³-hybridized carbons (Fsp3) is 0.273. The summed E-state index contributed by atoms with van der Waals surface area (Å²) in [5.41, 5.74) is -0.560. The Morgan fingerprint density at radius 3 is 2.73 bits per heavy atom. The van der Waals surface area contributed by atoms with Gasteiger partial charge in [0, 0.05) is 5.56 Å². The van der Waals surface area contributed by atoms with Crippen molar-refractivity contribution in [2.45, 2.75) is 19.4 Å². The number of carbonyl (C=O) groups is 1. The maximum atomic E-state index is 13.5. The van der Waals surface area contributed by atoms with E-state index in [1.165, 1.54) is 12.1 Å². The van der Waals surface area contributed by atoms with E-state index in [9.17, 15) is 9.18 Å². The first-order valence-corrected chi connectivity index (χ1v) is 4.90. The van der Waals surface area contributed by atoms with E-state index in [1.54, 1.807) is 19.9 Å². The third kappa shape index (κ3) is 1.47. The average Bonchev–Trinajstić information content (AvgIpc) is 2.14. The minimum absolute atomic E-state index is 0.0440. The van der Waals surface area contributed by atoms with Crippen molar-refractivity contribution in [2.75, 3.05) is 0 Å². The van der Waals surface area contributed by atoms with E-state index in [1.807, 2.05) is 0 Å². The minimum atomic E-state index is -0.980. The number of nitrogens with zero attached hydrogens (tertiary/aromatic N) is 1. The molecule has 2 rings (SSSR count). The molecule has 4 heteroatoms. The minimum Gasteiger partial charge on any atom is -0.291 e. The summed E-state index contributed by atoms with van der Waals surface area (Å²) >= 11 is 5.90. The molecule has 1 aliphatic heterocycles. The summed E-state index contributed by atoms with van der Waals surface area (Å²) in [5.74, 6) is -0.876. The fourth-order valence-corrected chi connectivity index (χ4v) is 1.96. The number of benzene rings is 1. The highest BCUT2D eigenvalue weighted by atomic mass is 35.5. The van der Waals surface area contributed by atoms with E-state index >= 15 is 0 Å². The van der Waals surface area contributed by atoms with Crippen LogP contribution in [0.3, 0.4) is 0 Å². The summed E-state index contributed by atoms with van der Waals surface area (Å²) in [7, 11) is 0. The van der Waals surface area contributed by atoms with Crippen LogP contribution in [0.1, 0.15) is 29.8 Å². The number of ketones is 1.